The summed E-state index contributed by atoms with van der Waals surface area (Å²) in [4.78, 5) is 46.3. The third-order valence-electron chi connectivity index (χ3n) is 3.70. The molecule has 2 heterocycles. The number of nitrogens with one attached hydrogen (secondary N) is 3. The molecular formula is C16H16N4O5. The molecule has 9 heteroatoms. The number of rotatable bonds is 4. The Bertz CT molecular complexity index is 946. The fourth-order valence-electron chi connectivity index (χ4n) is 2.46. The molecule has 0 saturated heterocycles. The average molecular weight is 344 g/mol. The Balaban J connectivity index is 1.70. The van der Waals surface area contributed by atoms with Crippen molar-refractivity contribution in [2.75, 3.05) is 11.9 Å². The zero-order valence-electron chi connectivity index (χ0n) is 13.4. The van der Waals surface area contributed by atoms with Crippen molar-refractivity contribution in [2.45, 2.75) is 19.5 Å². The summed E-state index contributed by atoms with van der Waals surface area (Å²) in [5.41, 5.74) is 0.354. The van der Waals surface area contributed by atoms with Gasteiger partial charge in [-0.25, -0.2) is 4.68 Å². The maximum absolute atomic E-state index is 12.1. The normalized spacial score (nSPS) is 14.0. The molecule has 2 aromatic rings. The van der Waals surface area contributed by atoms with E-state index >= 15 is 0 Å². The number of hydrogen-bond acceptors (Lipinski definition) is 5. The minimum absolute atomic E-state index is 0.0251. The lowest BCUT2D eigenvalue weighted by Crippen LogP contribution is -2.36. The van der Waals surface area contributed by atoms with Gasteiger partial charge in [0.1, 0.15) is 12.3 Å². The van der Waals surface area contributed by atoms with Crippen molar-refractivity contribution in [3.05, 3.63) is 56.6 Å². The van der Waals surface area contributed by atoms with E-state index in [1.807, 2.05) is 0 Å². The van der Waals surface area contributed by atoms with Crippen LogP contribution < -0.4 is 26.5 Å². The topological polar surface area (TPSA) is 122 Å². The molecule has 0 radical (unpaired) electrons. The van der Waals surface area contributed by atoms with Crippen LogP contribution in [0.3, 0.4) is 0 Å². The molecule has 0 fully saturated rings. The first kappa shape index (κ1) is 16.5. The van der Waals surface area contributed by atoms with Gasteiger partial charge in [0.25, 0.3) is 17.0 Å². The first-order valence-corrected chi connectivity index (χ1v) is 7.58. The standard InChI is InChI=1S/C16H16N4O5/c1-9(10-2-3-12-11(6-10)18-15(23)8-25-12)17-14(22)7-20-16(24)5-4-13(21)19-20/h2-6,9H,7-8H2,1H3,(H,17,22)(H,18,23)(H,19,21)/t9-/m0/s1. The summed E-state index contributed by atoms with van der Waals surface area (Å²) >= 11 is 0. The van der Waals surface area contributed by atoms with Crippen molar-refractivity contribution in [1.82, 2.24) is 15.1 Å². The van der Waals surface area contributed by atoms with E-state index in [0.717, 1.165) is 22.4 Å². The van der Waals surface area contributed by atoms with Gasteiger partial charge in [0.15, 0.2) is 6.61 Å². The molecule has 130 valence electrons. The van der Waals surface area contributed by atoms with Gasteiger partial charge < -0.3 is 15.4 Å². The van der Waals surface area contributed by atoms with E-state index in [9.17, 15) is 19.2 Å². The minimum Gasteiger partial charge on any atom is -0.482 e. The zero-order valence-corrected chi connectivity index (χ0v) is 13.4. The highest BCUT2D eigenvalue weighted by molar-refractivity contribution is 5.95. The Morgan fingerprint density at radius 3 is 2.88 bits per heavy atom. The van der Waals surface area contributed by atoms with Gasteiger partial charge in [0, 0.05) is 12.1 Å². The number of aromatic nitrogens is 2. The van der Waals surface area contributed by atoms with Crippen molar-refractivity contribution in [1.29, 1.82) is 0 Å². The van der Waals surface area contributed by atoms with Crippen LogP contribution in [0.1, 0.15) is 18.5 Å². The molecule has 2 amide bonds. The number of amides is 2. The average Bonchev–Trinajstić information content (AvgIpc) is 2.57. The largest absolute Gasteiger partial charge is 0.482 e. The molecule has 1 atom stereocenters. The van der Waals surface area contributed by atoms with Crippen molar-refractivity contribution < 1.29 is 14.3 Å². The molecule has 1 aromatic heterocycles. The molecule has 1 aromatic carbocycles. The van der Waals surface area contributed by atoms with E-state index in [2.05, 4.69) is 15.7 Å². The summed E-state index contributed by atoms with van der Waals surface area (Å²) < 4.78 is 6.22. The summed E-state index contributed by atoms with van der Waals surface area (Å²) in [5, 5.41) is 7.72. The van der Waals surface area contributed by atoms with E-state index in [-0.39, 0.29) is 25.1 Å². The summed E-state index contributed by atoms with van der Waals surface area (Å²) in [6.07, 6.45) is 0. The minimum atomic E-state index is -0.476. The van der Waals surface area contributed by atoms with E-state index in [0.29, 0.717) is 11.4 Å². The van der Waals surface area contributed by atoms with Gasteiger partial charge in [-0.2, -0.15) is 0 Å². The number of carbonyl (C=O) groups is 2. The van der Waals surface area contributed by atoms with Crippen molar-refractivity contribution in [3.8, 4) is 5.75 Å². The highest BCUT2D eigenvalue weighted by atomic mass is 16.5. The maximum atomic E-state index is 12.1. The Morgan fingerprint density at radius 2 is 2.08 bits per heavy atom. The molecule has 0 saturated carbocycles. The molecule has 25 heavy (non-hydrogen) atoms. The lowest BCUT2D eigenvalue weighted by atomic mass is 10.1. The smallest absolute Gasteiger partial charge is 0.265 e. The number of fused-ring (bicyclic) bond motifs is 1. The molecule has 3 N–H and O–H groups in total. The third kappa shape index (κ3) is 3.77. The second-order valence-corrected chi connectivity index (χ2v) is 5.62. The predicted octanol–water partition coefficient (Wildman–Crippen LogP) is -0.255. The molecule has 0 unspecified atom stereocenters. The van der Waals surface area contributed by atoms with Crippen LogP contribution in [-0.2, 0) is 16.1 Å². The van der Waals surface area contributed by atoms with Gasteiger partial charge in [0.05, 0.1) is 11.7 Å². The van der Waals surface area contributed by atoms with E-state index in [4.69, 9.17) is 4.74 Å². The summed E-state index contributed by atoms with van der Waals surface area (Å²) in [5.74, 6) is -0.113. The first-order valence-electron chi connectivity index (χ1n) is 7.58. The van der Waals surface area contributed by atoms with Crippen LogP contribution in [0.15, 0.2) is 39.9 Å². The van der Waals surface area contributed by atoms with Crippen LogP contribution in [0.2, 0.25) is 0 Å². The number of aromatic amines is 1. The van der Waals surface area contributed by atoms with Gasteiger partial charge in [-0.05, 0) is 24.6 Å². The van der Waals surface area contributed by atoms with Crippen LogP contribution in [-0.4, -0.2) is 28.2 Å². The predicted molar refractivity (Wildman–Crippen MR) is 88.4 cm³/mol. The van der Waals surface area contributed by atoms with Gasteiger partial charge >= 0.3 is 0 Å². The Labute approximate surface area is 141 Å². The number of hydrogen-bond donors (Lipinski definition) is 3. The summed E-state index contributed by atoms with van der Waals surface area (Å²) in [6.45, 7) is 1.44. The highest BCUT2D eigenvalue weighted by Crippen LogP contribution is 2.30. The van der Waals surface area contributed by atoms with Crippen molar-refractivity contribution in [2.24, 2.45) is 0 Å². The van der Waals surface area contributed by atoms with Gasteiger partial charge in [-0.3, -0.25) is 24.3 Å². The summed E-state index contributed by atoms with van der Waals surface area (Å²) in [6, 6.07) is 7.03. The maximum Gasteiger partial charge on any atom is 0.265 e. The second-order valence-electron chi connectivity index (χ2n) is 5.62. The van der Waals surface area contributed by atoms with Crippen LogP contribution in [0, 0.1) is 0 Å². The Morgan fingerprint density at radius 1 is 1.28 bits per heavy atom. The quantitative estimate of drug-likeness (QED) is 0.706. The second kappa shape index (κ2) is 6.63. The molecule has 3 rings (SSSR count). The van der Waals surface area contributed by atoms with Gasteiger partial charge in [-0.15, -0.1) is 0 Å². The number of anilines is 1. The molecule has 1 aliphatic heterocycles. The van der Waals surface area contributed by atoms with E-state index in [1.165, 1.54) is 0 Å². The van der Waals surface area contributed by atoms with Crippen LogP contribution in [0.4, 0.5) is 5.69 Å². The Kier molecular flexibility index (Phi) is 4.38. The van der Waals surface area contributed by atoms with Gasteiger partial charge in [-0.1, -0.05) is 6.07 Å². The molecule has 9 nitrogen and oxygen atoms in total. The SMILES string of the molecule is C[C@H](NC(=O)Cn1[nH]c(=O)ccc1=O)c1ccc2c(c1)NC(=O)CO2. The van der Waals surface area contributed by atoms with Crippen molar-refractivity contribution in [3.63, 3.8) is 0 Å². The van der Waals surface area contributed by atoms with Crippen molar-refractivity contribution >= 4 is 17.5 Å². The van der Waals surface area contributed by atoms with E-state index in [1.54, 1.807) is 25.1 Å². The lowest BCUT2D eigenvalue weighted by Gasteiger charge is -2.21. The fraction of sp³-hybridized carbons (Fsp3) is 0.250. The molecule has 0 bridgehead atoms. The number of carbonyl (C=O) groups excluding carboxylic acids is 2. The molecule has 0 aliphatic carbocycles. The van der Waals surface area contributed by atoms with Gasteiger partial charge in [0.2, 0.25) is 5.91 Å². The number of ether oxygens (including phenoxy) is 1. The Hall–Kier alpha value is -3.36. The van der Waals surface area contributed by atoms with Crippen LogP contribution in [0.25, 0.3) is 0 Å². The third-order valence-corrected chi connectivity index (χ3v) is 3.70. The number of nitrogens with zero attached hydrogens (tertiary/aromatic N) is 1. The zero-order chi connectivity index (χ0) is 18.0. The number of benzene rings is 1. The summed E-state index contributed by atoms with van der Waals surface area (Å²) in [7, 11) is 0. The first-order chi connectivity index (χ1) is 11.9. The monoisotopic (exact) mass is 344 g/mol. The van der Waals surface area contributed by atoms with Crippen LogP contribution >= 0.6 is 0 Å². The molecular weight excluding hydrogens is 328 g/mol. The van der Waals surface area contributed by atoms with E-state index < -0.39 is 17.0 Å². The fourth-order valence-corrected chi connectivity index (χ4v) is 2.46. The van der Waals surface area contributed by atoms with Crippen LogP contribution in [0.5, 0.6) is 5.75 Å². The molecule has 0 spiro atoms. The molecule has 1 aliphatic rings. The highest BCUT2D eigenvalue weighted by Gasteiger charge is 2.18. The lowest BCUT2D eigenvalue weighted by molar-refractivity contribution is -0.122. The number of H-pyrrole nitrogens is 1.